The van der Waals surface area contributed by atoms with E-state index >= 15 is 0 Å². The van der Waals surface area contributed by atoms with Crippen LogP contribution in [0.3, 0.4) is 0 Å². The predicted octanol–water partition coefficient (Wildman–Crippen LogP) is 2.23. The van der Waals surface area contributed by atoms with Gasteiger partial charge >= 0.3 is 0 Å². The van der Waals surface area contributed by atoms with Crippen molar-refractivity contribution >= 4 is 0 Å². The highest BCUT2D eigenvalue weighted by atomic mass is 16.5. The normalized spacial score (nSPS) is 11.1. The van der Waals surface area contributed by atoms with Gasteiger partial charge in [0.25, 0.3) is 0 Å². The first-order valence-electron chi connectivity index (χ1n) is 6.65. The Morgan fingerprint density at radius 1 is 1.32 bits per heavy atom. The third-order valence-electron chi connectivity index (χ3n) is 3.57. The fraction of sp³-hybridized carbons (Fsp3) is 0.533. The van der Waals surface area contributed by atoms with Gasteiger partial charge in [-0.05, 0) is 18.9 Å². The van der Waals surface area contributed by atoms with Gasteiger partial charge in [0.1, 0.15) is 11.8 Å². The number of nitriles is 1. The smallest absolute Gasteiger partial charge is 0.174 e. The largest absolute Gasteiger partial charge is 0.478 e. The molecule has 0 heterocycles. The van der Waals surface area contributed by atoms with Crippen LogP contribution in [0.4, 0.5) is 0 Å². The Kier molecular flexibility index (Phi) is 6.34. The Morgan fingerprint density at radius 2 is 2.00 bits per heavy atom. The van der Waals surface area contributed by atoms with Crippen molar-refractivity contribution < 1.29 is 9.84 Å². The average molecular weight is 262 g/mol. The number of hydrogen-bond acceptors (Lipinski definition) is 4. The molecule has 0 aliphatic heterocycles. The lowest BCUT2D eigenvalue weighted by atomic mass is 9.93. The number of nitrogens with zero attached hydrogens (tertiary/aromatic N) is 1. The topological polar surface area (TPSA) is 65.3 Å². The average Bonchev–Trinajstić information content (AvgIpc) is 2.48. The summed E-state index contributed by atoms with van der Waals surface area (Å²) in [5.41, 5.74) is 0.750. The molecule has 104 valence electrons. The first-order chi connectivity index (χ1) is 9.21. The monoisotopic (exact) mass is 262 g/mol. The van der Waals surface area contributed by atoms with Crippen LogP contribution in [0, 0.1) is 11.3 Å². The molecule has 4 heteroatoms. The lowest BCUT2D eigenvalue weighted by molar-refractivity contribution is 0.149. The summed E-state index contributed by atoms with van der Waals surface area (Å²) in [5.74, 6) is 0.718. The van der Waals surface area contributed by atoms with E-state index in [1.54, 1.807) is 0 Å². The molecule has 0 bridgehead atoms. The fourth-order valence-corrected chi connectivity index (χ4v) is 1.96. The molecule has 0 saturated carbocycles. The number of nitrogens with one attached hydrogen (secondary N) is 1. The molecule has 4 nitrogen and oxygen atoms in total. The molecule has 19 heavy (non-hydrogen) atoms. The van der Waals surface area contributed by atoms with Gasteiger partial charge in [0.05, 0.1) is 6.61 Å². The van der Waals surface area contributed by atoms with Crippen LogP contribution in [0.2, 0.25) is 0 Å². The van der Waals surface area contributed by atoms with Crippen LogP contribution < -0.4 is 10.1 Å². The van der Waals surface area contributed by atoms with Gasteiger partial charge in [0.2, 0.25) is 0 Å². The predicted molar refractivity (Wildman–Crippen MR) is 74.8 cm³/mol. The summed E-state index contributed by atoms with van der Waals surface area (Å²) in [6, 6.07) is 9.61. The van der Waals surface area contributed by atoms with E-state index in [0.717, 1.165) is 24.2 Å². The van der Waals surface area contributed by atoms with Crippen molar-refractivity contribution in [2.24, 2.45) is 0 Å². The van der Waals surface area contributed by atoms with E-state index in [-0.39, 0.29) is 18.8 Å². The maximum Gasteiger partial charge on any atom is 0.174 e. The van der Waals surface area contributed by atoms with Crippen LogP contribution in [0.15, 0.2) is 24.3 Å². The zero-order chi connectivity index (χ0) is 14.1. The molecule has 0 saturated heterocycles. The number of aliphatic hydroxyl groups is 1. The van der Waals surface area contributed by atoms with E-state index in [0.29, 0.717) is 6.54 Å². The number of rotatable bonds is 8. The Labute approximate surface area is 115 Å². The minimum Gasteiger partial charge on any atom is -0.478 e. The minimum absolute atomic E-state index is 0.0453. The zero-order valence-electron chi connectivity index (χ0n) is 11.6. The van der Waals surface area contributed by atoms with Gasteiger partial charge in [-0.25, -0.2) is 0 Å². The molecule has 0 amide bonds. The Bertz CT molecular complexity index is 414. The second-order valence-electron chi connectivity index (χ2n) is 4.55. The minimum atomic E-state index is -0.248. The SMILES string of the molecule is CCC(CC)(CO)NCc1ccccc1OCC#N. The van der Waals surface area contributed by atoms with Crippen molar-refractivity contribution in [3.8, 4) is 11.8 Å². The Morgan fingerprint density at radius 3 is 2.58 bits per heavy atom. The highest BCUT2D eigenvalue weighted by Crippen LogP contribution is 2.20. The third-order valence-corrected chi connectivity index (χ3v) is 3.57. The summed E-state index contributed by atoms with van der Waals surface area (Å²) >= 11 is 0. The molecular formula is C15H22N2O2. The second-order valence-corrected chi connectivity index (χ2v) is 4.55. The van der Waals surface area contributed by atoms with Gasteiger partial charge in [-0.3, -0.25) is 0 Å². The summed E-state index contributed by atoms with van der Waals surface area (Å²) in [6.07, 6.45) is 1.72. The molecule has 0 atom stereocenters. The highest BCUT2D eigenvalue weighted by molar-refractivity contribution is 5.33. The van der Waals surface area contributed by atoms with Gasteiger partial charge < -0.3 is 15.2 Å². The molecular weight excluding hydrogens is 240 g/mol. The van der Waals surface area contributed by atoms with Gasteiger partial charge in [-0.1, -0.05) is 32.0 Å². The number of para-hydroxylation sites is 1. The first kappa shape index (κ1) is 15.5. The van der Waals surface area contributed by atoms with Gasteiger partial charge in [0.15, 0.2) is 6.61 Å². The number of benzene rings is 1. The third kappa shape index (κ3) is 4.23. The fourth-order valence-electron chi connectivity index (χ4n) is 1.96. The summed E-state index contributed by atoms with van der Waals surface area (Å²) in [7, 11) is 0. The molecule has 0 aliphatic carbocycles. The van der Waals surface area contributed by atoms with E-state index in [1.807, 2.05) is 30.3 Å². The number of hydrogen-bond donors (Lipinski definition) is 2. The van der Waals surface area contributed by atoms with E-state index < -0.39 is 0 Å². The van der Waals surface area contributed by atoms with Crippen LogP contribution in [0.25, 0.3) is 0 Å². The molecule has 0 fully saturated rings. The summed E-state index contributed by atoms with van der Waals surface area (Å²) in [5, 5.41) is 21.5. The summed E-state index contributed by atoms with van der Waals surface area (Å²) in [6.45, 7) is 4.89. The molecule has 0 spiro atoms. The van der Waals surface area contributed by atoms with Crippen molar-refractivity contribution in [1.29, 1.82) is 5.26 Å². The molecule has 1 rings (SSSR count). The zero-order valence-corrected chi connectivity index (χ0v) is 11.6. The van der Waals surface area contributed by atoms with Crippen LogP contribution in [0.1, 0.15) is 32.3 Å². The van der Waals surface area contributed by atoms with Gasteiger partial charge in [0, 0.05) is 17.6 Å². The molecule has 0 aromatic heterocycles. The van der Waals surface area contributed by atoms with Crippen molar-refractivity contribution in [2.75, 3.05) is 13.2 Å². The first-order valence-corrected chi connectivity index (χ1v) is 6.65. The molecule has 0 unspecified atom stereocenters. The maximum atomic E-state index is 9.53. The number of ether oxygens (including phenoxy) is 1. The van der Waals surface area contributed by atoms with E-state index in [4.69, 9.17) is 10.00 Å². The van der Waals surface area contributed by atoms with Crippen LogP contribution >= 0.6 is 0 Å². The van der Waals surface area contributed by atoms with Gasteiger partial charge in [-0.15, -0.1) is 0 Å². The van der Waals surface area contributed by atoms with Gasteiger partial charge in [-0.2, -0.15) is 5.26 Å². The molecule has 1 aromatic carbocycles. The Balaban J connectivity index is 2.74. The van der Waals surface area contributed by atoms with Crippen molar-refractivity contribution in [3.05, 3.63) is 29.8 Å². The highest BCUT2D eigenvalue weighted by Gasteiger charge is 2.24. The van der Waals surface area contributed by atoms with Crippen LogP contribution in [-0.4, -0.2) is 23.9 Å². The van der Waals surface area contributed by atoms with E-state index in [1.165, 1.54) is 0 Å². The van der Waals surface area contributed by atoms with Crippen molar-refractivity contribution in [3.63, 3.8) is 0 Å². The number of aliphatic hydroxyl groups excluding tert-OH is 1. The van der Waals surface area contributed by atoms with Crippen molar-refractivity contribution in [1.82, 2.24) is 5.32 Å². The molecule has 1 aromatic rings. The lowest BCUT2D eigenvalue weighted by Crippen LogP contribution is -2.47. The standard InChI is InChI=1S/C15H22N2O2/c1-3-15(4-2,12-18)17-11-13-7-5-6-8-14(13)19-10-9-16/h5-8,17-18H,3-4,10-12H2,1-2H3. The van der Waals surface area contributed by atoms with E-state index in [9.17, 15) is 5.11 Å². The Hall–Kier alpha value is -1.57. The lowest BCUT2D eigenvalue weighted by Gasteiger charge is -2.31. The van der Waals surface area contributed by atoms with Crippen LogP contribution in [0.5, 0.6) is 5.75 Å². The molecule has 0 radical (unpaired) electrons. The molecule has 2 N–H and O–H groups in total. The van der Waals surface area contributed by atoms with Crippen LogP contribution in [-0.2, 0) is 6.54 Å². The maximum absolute atomic E-state index is 9.53. The summed E-state index contributed by atoms with van der Waals surface area (Å²) < 4.78 is 5.39. The molecule has 0 aliphatic rings. The second kappa shape index (κ2) is 7.78. The van der Waals surface area contributed by atoms with E-state index in [2.05, 4.69) is 19.2 Å². The van der Waals surface area contributed by atoms with Crippen molar-refractivity contribution in [2.45, 2.75) is 38.8 Å². The summed E-state index contributed by atoms with van der Waals surface area (Å²) in [4.78, 5) is 0. The quantitative estimate of drug-likeness (QED) is 0.754.